The van der Waals surface area contributed by atoms with Crippen molar-refractivity contribution in [1.29, 1.82) is 0 Å². The van der Waals surface area contributed by atoms with E-state index in [1.165, 1.54) is 19.4 Å². The lowest BCUT2D eigenvalue weighted by Gasteiger charge is -2.46. The third kappa shape index (κ3) is 3.98. The SMILES string of the molecule is CC1(C)CNC(C2CC2)CN1CCCOc1ccccc1. The molecular weight excluding hydrogens is 260 g/mol. The molecule has 1 aromatic rings. The lowest BCUT2D eigenvalue weighted by Crippen LogP contribution is -2.62. The van der Waals surface area contributed by atoms with Crippen molar-refractivity contribution >= 4 is 0 Å². The Morgan fingerprint density at radius 3 is 2.71 bits per heavy atom. The Labute approximate surface area is 128 Å². The summed E-state index contributed by atoms with van der Waals surface area (Å²) in [6.45, 7) is 8.93. The summed E-state index contributed by atoms with van der Waals surface area (Å²) in [7, 11) is 0. The van der Waals surface area contributed by atoms with Gasteiger partial charge in [0.15, 0.2) is 0 Å². The van der Waals surface area contributed by atoms with Crippen LogP contribution in [0.25, 0.3) is 0 Å². The van der Waals surface area contributed by atoms with Crippen molar-refractivity contribution in [3.63, 3.8) is 0 Å². The van der Waals surface area contributed by atoms with Crippen molar-refractivity contribution in [2.75, 3.05) is 26.2 Å². The van der Waals surface area contributed by atoms with Gasteiger partial charge in [0, 0.05) is 31.2 Å². The molecule has 1 aromatic carbocycles. The van der Waals surface area contributed by atoms with Crippen LogP contribution in [0.1, 0.15) is 33.1 Å². The molecule has 0 radical (unpaired) electrons. The van der Waals surface area contributed by atoms with E-state index in [0.29, 0.717) is 6.04 Å². The summed E-state index contributed by atoms with van der Waals surface area (Å²) >= 11 is 0. The molecule has 116 valence electrons. The number of piperazine rings is 1. The molecule has 1 N–H and O–H groups in total. The first-order valence-corrected chi connectivity index (χ1v) is 8.31. The number of ether oxygens (including phenoxy) is 1. The van der Waals surface area contributed by atoms with Crippen molar-refractivity contribution in [1.82, 2.24) is 10.2 Å². The molecule has 1 unspecified atom stereocenters. The maximum Gasteiger partial charge on any atom is 0.119 e. The van der Waals surface area contributed by atoms with E-state index < -0.39 is 0 Å². The molecule has 0 bridgehead atoms. The van der Waals surface area contributed by atoms with E-state index in [9.17, 15) is 0 Å². The number of nitrogens with zero attached hydrogens (tertiary/aromatic N) is 1. The third-order valence-corrected chi connectivity index (χ3v) is 4.85. The third-order valence-electron chi connectivity index (χ3n) is 4.85. The molecule has 0 aromatic heterocycles. The summed E-state index contributed by atoms with van der Waals surface area (Å²) in [5.74, 6) is 1.91. The normalized spacial score (nSPS) is 25.7. The minimum atomic E-state index is 0.262. The fourth-order valence-corrected chi connectivity index (χ4v) is 3.21. The summed E-state index contributed by atoms with van der Waals surface area (Å²) in [6.07, 6.45) is 3.93. The van der Waals surface area contributed by atoms with Crippen LogP contribution in [0.4, 0.5) is 0 Å². The fourth-order valence-electron chi connectivity index (χ4n) is 3.21. The van der Waals surface area contributed by atoms with Crippen LogP contribution in [0.3, 0.4) is 0 Å². The van der Waals surface area contributed by atoms with Gasteiger partial charge in [0.1, 0.15) is 5.75 Å². The average Bonchev–Trinajstić information content (AvgIpc) is 3.30. The van der Waals surface area contributed by atoms with Crippen molar-refractivity contribution in [2.24, 2.45) is 5.92 Å². The quantitative estimate of drug-likeness (QED) is 0.815. The van der Waals surface area contributed by atoms with Crippen LogP contribution in [0.5, 0.6) is 5.75 Å². The zero-order valence-corrected chi connectivity index (χ0v) is 13.3. The van der Waals surface area contributed by atoms with Crippen molar-refractivity contribution < 1.29 is 4.74 Å². The fraction of sp³-hybridized carbons (Fsp3) is 0.667. The Balaban J connectivity index is 1.44. The molecule has 3 heteroatoms. The predicted molar refractivity (Wildman–Crippen MR) is 86.7 cm³/mol. The van der Waals surface area contributed by atoms with E-state index in [1.54, 1.807) is 0 Å². The van der Waals surface area contributed by atoms with Crippen LogP contribution >= 0.6 is 0 Å². The molecule has 1 aliphatic heterocycles. The largest absolute Gasteiger partial charge is 0.494 e. The molecular formula is C18H28N2O. The highest BCUT2D eigenvalue weighted by molar-refractivity contribution is 5.20. The van der Waals surface area contributed by atoms with Gasteiger partial charge in [0.25, 0.3) is 0 Å². The van der Waals surface area contributed by atoms with E-state index in [1.807, 2.05) is 30.3 Å². The van der Waals surface area contributed by atoms with Crippen LogP contribution in [0.2, 0.25) is 0 Å². The van der Waals surface area contributed by atoms with E-state index in [0.717, 1.165) is 37.8 Å². The Morgan fingerprint density at radius 2 is 2.00 bits per heavy atom. The van der Waals surface area contributed by atoms with Crippen LogP contribution in [0.15, 0.2) is 30.3 Å². The van der Waals surface area contributed by atoms with E-state index in [2.05, 4.69) is 24.1 Å². The second-order valence-electron chi connectivity index (χ2n) is 7.10. The van der Waals surface area contributed by atoms with Gasteiger partial charge in [-0.05, 0) is 51.2 Å². The first-order chi connectivity index (χ1) is 10.1. The van der Waals surface area contributed by atoms with E-state index in [4.69, 9.17) is 4.74 Å². The molecule has 1 aliphatic carbocycles. The summed E-state index contributed by atoms with van der Waals surface area (Å²) in [6, 6.07) is 10.8. The van der Waals surface area contributed by atoms with Crippen molar-refractivity contribution in [3.05, 3.63) is 30.3 Å². The highest BCUT2D eigenvalue weighted by atomic mass is 16.5. The van der Waals surface area contributed by atoms with Crippen molar-refractivity contribution in [3.8, 4) is 5.75 Å². The molecule has 21 heavy (non-hydrogen) atoms. The number of para-hydroxylation sites is 1. The molecule has 2 fully saturated rings. The average molecular weight is 288 g/mol. The highest BCUT2D eigenvalue weighted by Crippen LogP contribution is 2.35. The van der Waals surface area contributed by atoms with Crippen LogP contribution in [-0.2, 0) is 0 Å². The lowest BCUT2D eigenvalue weighted by molar-refractivity contribution is 0.0559. The van der Waals surface area contributed by atoms with Gasteiger partial charge in [-0.25, -0.2) is 0 Å². The Kier molecular flexibility index (Phi) is 4.51. The molecule has 3 rings (SSSR count). The van der Waals surface area contributed by atoms with Crippen LogP contribution in [-0.4, -0.2) is 42.7 Å². The molecule has 3 nitrogen and oxygen atoms in total. The number of hydrogen-bond acceptors (Lipinski definition) is 3. The standard InChI is InChI=1S/C18H28N2O/c1-18(2)14-19-17(15-9-10-15)13-20(18)11-6-12-21-16-7-4-3-5-8-16/h3-5,7-8,15,17,19H,6,9-14H2,1-2H3. The lowest BCUT2D eigenvalue weighted by atomic mass is 9.95. The second kappa shape index (κ2) is 6.37. The second-order valence-corrected chi connectivity index (χ2v) is 7.10. The Bertz CT molecular complexity index is 442. The smallest absolute Gasteiger partial charge is 0.119 e. The molecule has 2 aliphatic rings. The maximum absolute atomic E-state index is 5.81. The molecule has 1 atom stereocenters. The highest BCUT2D eigenvalue weighted by Gasteiger charge is 2.39. The topological polar surface area (TPSA) is 24.5 Å². The van der Waals surface area contributed by atoms with Gasteiger partial charge in [-0.3, -0.25) is 4.90 Å². The number of hydrogen-bond donors (Lipinski definition) is 1. The van der Waals surface area contributed by atoms with Gasteiger partial charge in [0.2, 0.25) is 0 Å². The predicted octanol–water partition coefficient (Wildman–Crippen LogP) is 2.92. The Morgan fingerprint density at radius 1 is 1.24 bits per heavy atom. The summed E-state index contributed by atoms with van der Waals surface area (Å²) in [4.78, 5) is 2.65. The monoisotopic (exact) mass is 288 g/mol. The van der Waals surface area contributed by atoms with E-state index >= 15 is 0 Å². The summed E-state index contributed by atoms with van der Waals surface area (Å²) < 4.78 is 5.81. The zero-order valence-electron chi connectivity index (χ0n) is 13.3. The first-order valence-electron chi connectivity index (χ1n) is 8.31. The van der Waals surface area contributed by atoms with E-state index in [-0.39, 0.29) is 5.54 Å². The van der Waals surface area contributed by atoms with Crippen LogP contribution < -0.4 is 10.1 Å². The number of rotatable bonds is 6. The molecule has 0 amide bonds. The van der Waals surface area contributed by atoms with Crippen molar-refractivity contribution in [2.45, 2.75) is 44.7 Å². The van der Waals surface area contributed by atoms with Gasteiger partial charge in [0.05, 0.1) is 6.61 Å². The Hall–Kier alpha value is -1.06. The zero-order chi connectivity index (χ0) is 14.7. The first kappa shape index (κ1) is 14.9. The molecule has 1 heterocycles. The van der Waals surface area contributed by atoms with Gasteiger partial charge in [-0.15, -0.1) is 0 Å². The van der Waals surface area contributed by atoms with Gasteiger partial charge < -0.3 is 10.1 Å². The summed E-state index contributed by atoms with van der Waals surface area (Å²) in [5.41, 5.74) is 0.262. The number of benzene rings is 1. The minimum absolute atomic E-state index is 0.262. The molecule has 1 saturated carbocycles. The maximum atomic E-state index is 5.81. The van der Waals surface area contributed by atoms with Crippen LogP contribution in [0, 0.1) is 5.92 Å². The van der Waals surface area contributed by atoms with Gasteiger partial charge in [-0.2, -0.15) is 0 Å². The summed E-state index contributed by atoms with van der Waals surface area (Å²) in [5, 5.41) is 3.74. The van der Waals surface area contributed by atoms with Gasteiger partial charge in [-0.1, -0.05) is 18.2 Å². The minimum Gasteiger partial charge on any atom is -0.494 e. The molecule has 1 saturated heterocycles. The number of nitrogens with one attached hydrogen (secondary N) is 1. The van der Waals surface area contributed by atoms with Gasteiger partial charge >= 0.3 is 0 Å². The molecule has 0 spiro atoms.